The molecule has 0 spiro atoms. The first-order valence-electron chi connectivity index (χ1n) is 8.72. The van der Waals surface area contributed by atoms with Crippen molar-refractivity contribution in [2.24, 2.45) is 11.1 Å². The summed E-state index contributed by atoms with van der Waals surface area (Å²) in [6.45, 7) is 4.44. The van der Waals surface area contributed by atoms with Crippen molar-refractivity contribution < 1.29 is 19.0 Å². The minimum absolute atomic E-state index is 0.154. The Bertz CT molecular complexity index is 783. The van der Waals surface area contributed by atoms with E-state index in [9.17, 15) is 4.79 Å². The summed E-state index contributed by atoms with van der Waals surface area (Å²) < 4.78 is 15.8. The molecule has 5 heteroatoms. The van der Waals surface area contributed by atoms with Gasteiger partial charge in [0, 0.05) is 12.5 Å². The first-order valence-corrected chi connectivity index (χ1v) is 8.72. The molecule has 0 radical (unpaired) electrons. The molecule has 0 bridgehead atoms. The molecule has 0 saturated carbocycles. The molecule has 1 aliphatic carbocycles. The molecular formula is C21H25NO4. The lowest BCUT2D eigenvalue weighted by atomic mass is 9.71. The monoisotopic (exact) mass is 355 g/mol. The number of carbonyl (C=O) groups excluding carboxylic acids is 1. The Kier molecular flexibility index (Phi) is 5.18. The lowest BCUT2D eigenvalue weighted by Gasteiger charge is -2.39. The average molecular weight is 355 g/mol. The van der Waals surface area contributed by atoms with E-state index >= 15 is 0 Å². The third kappa shape index (κ3) is 3.83. The van der Waals surface area contributed by atoms with E-state index in [0.29, 0.717) is 0 Å². The molecular weight excluding hydrogens is 330 g/mol. The van der Waals surface area contributed by atoms with Gasteiger partial charge >= 0.3 is 6.09 Å². The number of amides is 1. The Balaban J connectivity index is 1.93. The van der Waals surface area contributed by atoms with E-state index in [4.69, 9.17) is 19.9 Å². The molecule has 2 aromatic carbocycles. The summed E-state index contributed by atoms with van der Waals surface area (Å²) in [7, 11) is 1.59. The second-order valence-corrected chi connectivity index (χ2v) is 7.29. The van der Waals surface area contributed by atoms with E-state index in [2.05, 4.69) is 32.0 Å². The van der Waals surface area contributed by atoms with Crippen molar-refractivity contribution in [3.05, 3.63) is 53.6 Å². The van der Waals surface area contributed by atoms with Gasteiger partial charge in [-0.25, -0.2) is 4.79 Å². The number of carbonyl (C=O) groups is 1. The maximum absolute atomic E-state index is 11.4. The molecule has 26 heavy (non-hydrogen) atoms. The standard InChI is InChI=1S/C21H25NO4/c1-21(2)11-10-15-4-5-16(12-18(15)19(21)26-20(22)23)14-6-8-17(9-7-14)25-13-24-3/h4-9,12,19H,10-11,13H2,1-3H3,(H2,22,23). The Labute approximate surface area is 154 Å². The van der Waals surface area contributed by atoms with Gasteiger partial charge < -0.3 is 19.9 Å². The highest BCUT2D eigenvalue weighted by Gasteiger charge is 2.38. The van der Waals surface area contributed by atoms with Crippen LogP contribution in [0.3, 0.4) is 0 Å². The van der Waals surface area contributed by atoms with E-state index < -0.39 is 6.09 Å². The van der Waals surface area contributed by atoms with E-state index in [1.165, 1.54) is 5.56 Å². The van der Waals surface area contributed by atoms with Crippen molar-refractivity contribution in [3.63, 3.8) is 0 Å². The van der Waals surface area contributed by atoms with Gasteiger partial charge in [-0.3, -0.25) is 0 Å². The second-order valence-electron chi connectivity index (χ2n) is 7.29. The number of rotatable bonds is 5. The fourth-order valence-corrected chi connectivity index (χ4v) is 3.46. The highest BCUT2D eigenvalue weighted by Crippen LogP contribution is 2.46. The van der Waals surface area contributed by atoms with Crippen LogP contribution in [-0.4, -0.2) is 20.0 Å². The molecule has 0 heterocycles. The van der Waals surface area contributed by atoms with Gasteiger partial charge in [0.25, 0.3) is 0 Å². The summed E-state index contributed by atoms with van der Waals surface area (Å²) in [5.74, 6) is 0.754. The van der Waals surface area contributed by atoms with Crippen LogP contribution < -0.4 is 10.5 Å². The Morgan fingerprint density at radius 3 is 2.50 bits per heavy atom. The molecule has 1 atom stereocenters. The number of aryl methyl sites for hydroxylation is 1. The molecule has 0 aliphatic heterocycles. The summed E-state index contributed by atoms with van der Waals surface area (Å²) in [6.07, 6.45) is 0.836. The number of fused-ring (bicyclic) bond motifs is 1. The van der Waals surface area contributed by atoms with Crippen molar-refractivity contribution >= 4 is 6.09 Å². The van der Waals surface area contributed by atoms with Crippen LogP contribution >= 0.6 is 0 Å². The maximum Gasteiger partial charge on any atom is 0.405 e. The number of nitrogens with two attached hydrogens (primary N) is 1. The Morgan fingerprint density at radius 2 is 1.85 bits per heavy atom. The number of hydrogen-bond acceptors (Lipinski definition) is 4. The van der Waals surface area contributed by atoms with Gasteiger partial charge in [-0.05, 0) is 53.3 Å². The van der Waals surface area contributed by atoms with Gasteiger partial charge in [0.15, 0.2) is 6.79 Å². The van der Waals surface area contributed by atoms with Crippen LogP contribution in [0.5, 0.6) is 5.75 Å². The third-order valence-corrected chi connectivity index (χ3v) is 4.94. The molecule has 138 valence electrons. The predicted octanol–water partition coefficient (Wildman–Crippen LogP) is 4.45. The zero-order valence-electron chi connectivity index (χ0n) is 15.5. The van der Waals surface area contributed by atoms with Gasteiger partial charge in [-0.1, -0.05) is 38.1 Å². The molecule has 0 saturated heterocycles. The maximum atomic E-state index is 11.4. The van der Waals surface area contributed by atoms with Gasteiger partial charge in [0.05, 0.1) is 0 Å². The molecule has 2 aromatic rings. The SMILES string of the molecule is COCOc1ccc(-c2ccc3c(c2)C(OC(N)=O)C(C)(C)CC3)cc1. The molecule has 3 rings (SSSR count). The average Bonchev–Trinajstić information content (AvgIpc) is 2.62. The van der Waals surface area contributed by atoms with E-state index in [0.717, 1.165) is 35.3 Å². The lowest BCUT2D eigenvalue weighted by molar-refractivity contribution is 0.0147. The van der Waals surface area contributed by atoms with Crippen molar-refractivity contribution in [3.8, 4) is 16.9 Å². The minimum atomic E-state index is -0.735. The van der Waals surface area contributed by atoms with Gasteiger partial charge in [-0.2, -0.15) is 0 Å². The van der Waals surface area contributed by atoms with E-state index in [1.54, 1.807) is 7.11 Å². The van der Waals surface area contributed by atoms with E-state index in [1.807, 2.05) is 24.3 Å². The van der Waals surface area contributed by atoms with Gasteiger partial charge in [0.2, 0.25) is 0 Å². The number of benzene rings is 2. The van der Waals surface area contributed by atoms with Crippen molar-refractivity contribution in [2.75, 3.05) is 13.9 Å². The molecule has 0 aromatic heterocycles. The third-order valence-electron chi connectivity index (χ3n) is 4.94. The number of ether oxygens (including phenoxy) is 3. The zero-order valence-corrected chi connectivity index (χ0v) is 15.5. The fraction of sp³-hybridized carbons (Fsp3) is 0.381. The van der Waals surface area contributed by atoms with Crippen molar-refractivity contribution in [1.82, 2.24) is 0 Å². The molecule has 0 fully saturated rings. The summed E-state index contributed by atoms with van der Waals surface area (Å²) in [4.78, 5) is 11.4. The van der Waals surface area contributed by atoms with Crippen LogP contribution in [0, 0.1) is 5.41 Å². The smallest absolute Gasteiger partial charge is 0.405 e. The Morgan fingerprint density at radius 1 is 1.15 bits per heavy atom. The zero-order chi connectivity index (χ0) is 18.7. The largest absolute Gasteiger partial charge is 0.468 e. The summed E-state index contributed by atoms with van der Waals surface area (Å²) in [5.41, 5.74) is 9.55. The van der Waals surface area contributed by atoms with Crippen LogP contribution in [-0.2, 0) is 15.9 Å². The number of primary amides is 1. The van der Waals surface area contributed by atoms with Gasteiger partial charge in [-0.15, -0.1) is 0 Å². The first kappa shape index (κ1) is 18.3. The fourth-order valence-electron chi connectivity index (χ4n) is 3.46. The van der Waals surface area contributed by atoms with Crippen LogP contribution in [0.1, 0.15) is 37.5 Å². The Hall–Kier alpha value is -2.53. The van der Waals surface area contributed by atoms with Crippen LogP contribution in [0.2, 0.25) is 0 Å². The normalized spacial score (nSPS) is 18.0. The van der Waals surface area contributed by atoms with Crippen LogP contribution in [0.4, 0.5) is 4.79 Å². The summed E-state index contributed by atoms with van der Waals surface area (Å²) in [5, 5.41) is 0. The highest BCUT2D eigenvalue weighted by atomic mass is 16.7. The molecule has 1 aliphatic rings. The van der Waals surface area contributed by atoms with Crippen molar-refractivity contribution in [1.29, 1.82) is 0 Å². The molecule has 1 unspecified atom stereocenters. The topological polar surface area (TPSA) is 70.8 Å². The number of hydrogen-bond donors (Lipinski definition) is 1. The highest BCUT2D eigenvalue weighted by molar-refractivity contribution is 5.68. The summed E-state index contributed by atoms with van der Waals surface area (Å²) >= 11 is 0. The lowest BCUT2D eigenvalue weighted by Crippen LogP contribution is -2.33. The molecule has 2 N–H and O–H groups in total. The quantitative estimate of drug-likeness (QED) is 0.805. The number of methoxy groups -OCH3 is 1. The van der Waals surface area contributed by atoms with Crippen LogP contribution in [0.15, 0.2) is 42.5 Å². The minimum Gasteiger partial charge on any atom is -0.468 e. The van der Waals surface area contributed by atoms with E-state index in [-0.39, 0.29) is 18.3 Å². The second kappa shape index (κ2) is 7.38. The van der Waals surface area contributed by atoms with Gasteiger partial charge in [0.1, 0.15) is 11.9 Å². The molecule has 5 nitrogen and oxygen atoms in total. The first-order chi connectivity index (χ1) is 12.4. The predicted molar refractivity (Wildman–Crippen MR) is 99.9 cm³/mol. The van der Waals surface area contributed by atoms with Crippen LogP contribution in [0.25, 0.3) is 11.1 Å². The molecule has 1 amide bonds. The summed E-state index contributed by atoms with van der Waals surface area (Å²) in [6, 6.07) is 14.2. The van der Waals surface area contributed by atoms with Crippen molar-refractivity contribution in [2.45, 2.75) is 32.8 Å².